The van der Waals surface area contributed by atoms with Crippen LogP contribution in [0, 0.1) is 0 Å². The minimum Gasteiger partial charge on any atom is -0.457 e. The first-order valence-corrected chi connectivity index (χ1v) is 7.86. The lowest BCUT2D eigenvalue weighted by Gasteiger charge is -2.20. The summed E-state index contributed by atoms with van der Waals surface area (Å²) in [5.74, 6) is 0.934. The van der Waals surface area contributed by atoms with Gasteiger partial charge in [-0.05, 0) is 32.0 Å². The molecule has 2 aromatic carbocycles. The second-order valence-electron chi connectivity index (χ2n) is 5.61. The SMILES string of the molecule is CC(=O)NC(C)C(=O)NC(C)c1ccccc1Oc1ccccc1. The van der Waals surface area contributed by atoms with Crippen LogP contribution in [0.3, 0.4) is 0 Å². The fourth-order valence-corrected chi connectivity index (χ4v) is 2.33. The number of ether oxygens (including phenoxy) is 1. The van der Waals surface area contributed by atoms with E-state index in [0.717, 1.165) is 11.3 Å². The molecule has 24 heavy (non-hydrogen) atoms. The van der Waals surface area contributed by atoms with Crippen molar-refractivity contribution in [3.63, 3.8) is 0 Å². The number of benzene rings is 2. The average Bonchev–Trinajstić information content (AvgIpc) is 2.55. The van der Waals surface area contributed by atoms with E-state index >= 15 is 0 Å². The van der Waals surface area contributed by atoms with E-state index in [1.807, 2.05) is 61.5 Å². The van der Waals surface area contributed by atoms with E-state index in [-0.39, 0.29) is 17.9 Å². The van der Waals surface area contributed by atoms with Gasteiger partial charge in [0.1, 0.15) is 17.5 Å². The van der Waals surface area contributed by atoms with Crippen molar-refractivity contribution in [1.82, 2.24) is 10.6 Å². The van der Waals surface area contributed by atoms with E-state index in [2.05, 4.69) is 10.6 Å². The molecule has 0 saturated heterocycles. The van der Waals surface area contributed by atoms with E-state index in [1.165, 1.54) is 6.92 Å². The van der Waals surface area contributed by atoms with Crippen LogP contribution in [0.2, 0.25) is 0 Å². The fourth-order valence-electron chi connectivity index (χ4n) is 2.33. The smallest absolute Gasteiger partial charge is 0.242 e. The molecule has 0 heterocycles. The molecule has 2 N–H and O–H groups in total. The fraction of sp³-hybridized carbons (Fsp3) is 0.263. The van der Waals surface area contributed by atoms with Gasteiger partial charge >= 0.3 is 0 Å². The van der Waals surface area contributed by atoms with Crippen molar-refractivity contribution in [2.45, 2.75) is 32.9 Å². The molecule has 0 aliphatic rings. The van der Waals surface area contributed by atoms with Gasteiger partial charge in [-0.25, -0.2) is 0 Å². The quantitative estimate of drug-likeness (QED) is 0.857. The Morgan fingerprint density at radius 2 is 1.54 bits per heavy atom. The zero-order valence-electron chi connectivity index (χ0n) is 14.1. The van der Waals surface area contributed by atoms with Gasteiger partial charge in [0.25, 0.3) is 0 Å². The summed E-state index contributed by atoms with van der Waals surface area (Å²) in [6.45, 7) is 4.91. The van der Waals surface area contributed by atoms with E-state index in [9.17, 15) is 9.59 Å². The molecule has 0 radical (unpaired) electrons. The Hall–Kier alpha value is -2.82. The summed E-state index contributed by atoms with van der Waals surface area (Å²) in [4.78, 5) is 23.2. The lowest BCUT2D eigenvalue weighted by molar-refractivity contribution is -0.128. The summed E-state index contributed by atoms with van der Waals surface area (Å²) in [5, 5.41) is 5.47. The van der Waals surface area contributed by atoms with Crippen LogP contribution in [0.25, 0.3) is 0 Å². The Morgan fingerprint density at radius 1 is 0.917 bits per heavy atom. The monoisotopic (exact) mass is 326 g/mol. The Kier molecular flexibility index (Phi) is 5.95. The van der Waals surface area contributed by atoms with Crippen LogP contribution in [0.15, 0.2) is 54.6 Å². The second-order valence-corrected chi connectivity index (χ2v) is 5.61. The van der Waals surface area contributed by atoms with Crippen molar-refractivity contribution in [3.05, 3.63) is 60.2 Å². The largest absolute Gasteiger partial charge is 0.457 e. The highest BCUT2D eigenvalue weighted by Gasteiger charge is 2.19. The van der Waals surface area contributed by atoms with Crippen LogP contribution in [0.5, 0.6) is 11.5 Å². The van der Waals surface area contributed by atoms with Gasteiger partial charge in [0, 0.05) is 12.5 Å². The minimum atomic E-state index is -0.591. The molecule has 0 spiro atoms. The number of hydrogen-bond donors (Lipinski definition) is 2. The van der Waals surface area contributed by atoms with Crippen LogP contribution >= 0.6 is 0 Å². The topological polar surface area (TPSA) is 67.4 Å². The summed E-state index contributed by atoms with van der Waals surface area (Å²) in [7, 11) is 0. The molecule has 2 unspecified atom stereocenters. The maximum Gasteiger partial charge on any atom is 0.242 e. The number of carbonyl (C=O) groups is 2. The summed E-state index contributed by atoms with van der Waals surface area (Å²) in [6, 6.07) is 16.2. The van der Waals surface area contributed by atoms with Gasteiger partial charge in [0.05, 0.1) is 6.04 Å². The van der Waals surface area contributed by atoms with Gasteiger partial charge in [-0.15, -0.1) is 0 Å². The van der Waals surface area contributed by atoms with Crippen LogP contribution < -0.4 is 15.4 Å². The molecule has 5 heteroatoms. The van der Waals surface area contributed by atoms with Gasteiger partial charge in [-0.3, -0.25) is 9.59 Å². The molecule has 0 fully saturated rings. The molecule has 0 aliphatic carbocycles. The van der Waals surface area contributed by atoms with Crippen molar-refractivity contribution < 1.29 is 14.3 Å². The van der Waals surface area contributed by atoms with Gasteiger partial charge < -0.3 is 15.4 Å². The van der Waals surface area contributed by atoms with Gasteiger partial charge in [-0.1, -0.05) is 36.4 Å². The summed E-state index contributed by atoms with van der Waals surface area (Å²) >= 11 is 0. The van der Waals surface area contributed by atoms with Crippen molar-refractivity contribution in [3.8, 4) is 11.5 Å². The Balaban J connectivity index is 2.11. The number of rotatable bonds is 6. The summed E-state index contributed by atoms with van der Waals surface area (Å²) in [5.41, 5.74) is 0.865. The number of nitrogens with one attached hydrogen (secondary N) is 2. The van der Waals surface area contributed by atoms with Gasteiger partial charge in [0.2, 0.25) is 11.8 Å². The molecule has 2 atom stereocenters. The average molecular weight is 326 g/mol. The Bertz CT molecular complexity index is 701. The standard InChI is InChI=1S/C19H22N2O3/c1-13(21-19(23)14(2)20-15(3)22)17-11-7-8-12-18(17)24-16-9-5-4-6-10-16/h4-14H,1-3H3,(H,20,22)(H,21,23). The summed E-state index contributed by atoms with van der Waals surface area (Å²) in [6.07, 6.45) is 0. The van der Waals surface area contributed by atoms with E-state index < -0.39 is 6.04 Å². The molecule has 2 amide bonds. The van der Waals surface area contributed by atoms with Crippen LogP contribution in [-0.2, 0) is 9.59 Å². The number of carbonyl (C=O) groups excluding carboxylic acids is 2. The minimum absolute atomic E-state index is 0.238. The van der Waals surface area contributed by atoms with Crippen molar-refractivity contribution in [2.24, 2.45) is 0 Å². The molecule has 0 aliphatic heterocycles. The molecular formula is C19H22N2O3. The van der Waals surface area contributed by atoms with E-state index in [0.29, 0.717) is 5.75 Å². The zero-order valence-corrected chi connectivity index (χ0v) is 14.1. The van der Waals surface area contributed by atoms with E-state index in [4.69, 9.17) is 4.74 Å². The third-order valence-corrected chi connectivity index (χ3v) is 3.53. The predicted molar refractivity (Wildman–Crippen MR) is 92.8 cm³/mol. The maximum atomic E-state index is 12.2. The molecule has 126 valence electrons. The molecular weight excluding hydrogens is 304 g/mol. The highest BCUT2D eigenvalue weighted by atomic mass is 16.5. The van der Waals surface area contributed by atoms with Crippen LogP contribution in [0.1, 0.15) is 32.4 Å². The maximum absolute atomic E-state index is 12.2. The molecule has 0 saturated carbocycles. The summed E-state index contributed by atoms with van der Waals surface area (Å²) < 4.78 is 5.92. The molecule has 0 aromatic heterocycles. The highest BCUT2D eigenvalue weighted by Crippen LogP contribution is 2.29. The van der Waals surface area contributed by atoms with E-state index in [1.54, 1.807) is 6.92 Å². The van der Waals surface area contributed by atoms with Crippen molar-refractivity contribution >= 4 is 11.8 Å². The zero-order chi connectivity index (χ0) is 17.5. The molecule has 2 rings (SSSR count). The Labute approximate surface area is 142 Å². The number of amides is 2. The first-order valence-electron chi connectivity index (χ1n) is 7.86. The third-order valence-electron chi connectivity index (χ3n) is 3.53. The second kappa shape index (κ2) is 8.15. The predicted octanol–water partition coefficient (Wildman–Crippen LogP) is 3.18. The van der Waals surface area contributed by atoms with Crippen molar-refractivity contribution in [1.29, 1.82) is 0 Å². The molecule has 2 aromatic rings. The van der Waals surface area contributed by atoms with Crippen LogP contribution in [-0.4, -0.2) is 17.9 Å². The third kappa shape index (κ3) is 4.84. The Morgan fingerprint density at radius 3 is 2.21 bits per heavy atom. The number of para-hydroxylation sites is 2. The normalized spacial score (nSPS) is 12.8. The number of hydrogen-bond acceptors (Lipinski definition) is 3. The lowest BCUT2D eigenvalue weighted by atomic mass is 10.1. The molecule has 5 nitrogen and oxygen atoms in total. The van der Waals surface area contributed by atoms with Crippen LogP contribution in [0.4, 0.5) is 0 Å². The first kappa shape index (κ1) is 17.5. The van der Waals surface area contributed by atoms with Crippen molar-refractivity contribution in [2.75, 3.05) is 0 Å². The highest BCUT2D eigenvalue weighted by molar-refractivity contribution is 5.86. The van der Waals surface area contributed by atoms with Gasteiger partial charge in [-0.2, -0.15) is 0 Å². The first-order chi connectivity index (χ1) is 11.5. The van der Waals surface area contributed by atoms with Gasteiger partial charge in [0.15, 0.2) is 0 Å². The molecule has 0 bridgehead atoms. The lowest BCUT2D eigenvalue weighted by Crippen LogP contribution is -2.44.